The molecule has 0 amide bonds. The van der Waals surface area contributed by atoms with Gasteiger partial charge in [0.2, 0.25) is 5.78 Å². The number of furan rings is 1. The molecular weight excluding hydrogens is 350 g/mol. The van der Waals surface area contributed by atoms with Crippen LogP contribution in [0.4, 0.5) is 0 Å². The monoisotopic (exact) mass is 363 g/mol. The van der Waals surface area contributed by atoms with E-state index >= 15 is 0 Å². The van der Waals surface area contributed by atoms with Gasteiger partial charge >= 0.3 is 0 Å². The number of carbonyl (C=O) groups is 1. The van der Waals surface area contributed by atoms with Gasteiger partial charge in [0.1, 0.15) is 5.58 Å². The van der Waals surface area contributed by atoms with Gasteiger partial charge in [0.05, 0.1) is 6.54 Å². The molecule has 0 spiro atoms. The molecule has 0 aliphatic carbocycles. The summed E-state index contributed by atoms with van der Waals surface area (Å²) in [6.45, 7) is 1.09. The van der Waals surface area contributed by atoms with E-state index in [1.807, 2.05) is 47.7 Å². The number of Topliss-reactive ketones (excluding diaryl/α,β-unsaturated/α-hetero) is 1. The van der Waals surface area contributed by atoms with Crippen LogP contribution in [0, 0.1) is 0 Å². The zero-order valence-corrected chi connectivity index (χ0v) is 13.9. The van der Waals surface area contributed by atoms with Gasteiger partial charge in [-0.15, -0.1) is 11.3 Å². The number of halogens is 1. The molecule has 3 aromatic rings. The first kappa shape index (κ1) is 14.5. The molecule has 2 aromatic heterocycles. The molecule has 21 heavy (non-hydrogen) atoms. The number of para-hydroxylation sites is 1. The molecule has 0 saturated carbocycles. The highest BCUT2D eigenvalue weighted by atomic mass is 79.9. The summed E-state index contributed by atoms with van der Waals surface area (Å²) >= 11 is 5.12. The van der Waals surface area contributed by atoms with E-state index in [0.29, 0.717) is 12.3 Å². The minimum absolute atomic E-state index is 0.00400. The van der Waals surface area contributed by atoms with Crippen LogP contribution in [0.5, 0.6) is 0 Å². The Hall–Kier alpha value is -1.43. The first-order valence-corrected chi connectivity index (χ1v) is 8.22. The Morgan fingerprint density at radius 3 is 2.86 bits per heavy atom. The smallest absolute Gasteiger partial charge is 0.211 e. The van der Waals surface area contributed by atoms with Crippen LogP contribution in [0.3, 0.4) is 0 Å². The summed E-state index contributed by atoms with van der Waals surface area (Å²) in [4.78, 5) is 15.5. The molecule has 0 aliphatic heterocycles. The number of carbonyl (C=O) groups excluding carboxylic acids is 1. The summed E-state index contributed by atoms with van der Waals surface area (Å²) in [7, 11) is 1.94. The van der Waals surface area contributed by atoms with Crippen LogP contribution in [0.15, 0.2) is 50.7 Å². The Bertz CT molecular complexity index is 744. The van der Waals surface area contributed by atoms with Gasteiger partial charge in [-0.3, -0.25) is 9.69 Å². The summed E-state index contributed by atoms with van der Waals surface area (Å²) < 4.78 is 6.69. The van der Waals surface area contributed by atoms with E-state index in [9.17, 15) is 4.79 Å². The summed E-state index contributed by atoms with van der Waals surface area (Å²) in [5, 5.41) is 3.01. The summed E-state index contributed by atoms with van der Waals surface area (Å²) in [6, 6.07) is 11.6. The van der Waals surface area contributed by atoms with E-state index in [-0.39, 0.29) is 5.78 Å². The van der Waals surface area contributed by atoms with Gasteiger partial charge in [-0.1, -0.05) is 18.2 Å². The first-order chi connectivity index (χ1) is 10.1. The Balaban J connectivity index is 1.67. The summed E-state index contributed by atoms with van der Waals surface area (Å²) in [5.74, 6) is 0.430. The number of rotatable bonds is 5. The van der Waals surface area contributed by atoms with Crippen LogP contribution >= 0.6 is 27.3 Å². The fourth-order valence-corrected chi connectivity index (χ4v) is 3.73. The lowest BCUT2D eigenvalue weighted by Crippen LogP contribution is -2.25. The molecule has 0 aliphatic rings. The molecule has 0 fully saturated rings. The van der Waals surface area contributed by atoms with Crippen LogP contribution < -0.4 is 0 Å². The van der Waals surface area contributed by atoms with E-state index in [2.05, 4.69) is 22.0 Å². The van der Waals surface area contributed by atoms with Crippen molar-refractivity contribution in [2.75, 3.05) is 13.6 Å². The van der Waals surface area contributed by atoms with Crippen LogP contribution in [0.25, 0.3) is 11.0 Å². The zero-order chi connectivity index (χ0) is 14.8. The average Bonchev–Trinajstić information content (AvgIpc) is 3.04. The van der Waals surface area contributed by atoms with Gasteiger partial charge in [0, 0.05) is 26.7 Å². The van der Waals surface area contributed by atoms with Gasteiger partial charge in [-0.25, -0.2) is 0 Å². The minimum Gasteiger partial charge on any atom is -0.453 e. The predicted molar refractivity (Wildman–Crippen MR) is 88.9 cm³/mol. The van der Waals surface area contributed by atoms with Crippen molar-refractivity contribution in [3.8, 4) is 0 Å². The quantitative estimate of drug-likeness (QED) is 0.622. The summed E-state index contributed by atoms with van der Waals surface area (Å²) in [5.41, 5.74) is 0.755. The molecule has 3 nitrogen and oxygen atoms in total. The lowest BCUT2D eigenvalue weighted by atomic mass is 10.2. The van der Waals surface area contributed by atoms with Crippen molar-refractivity contribution >= 4 is 44.0 Å². The normalized spacial score (nSPS) is 11.4. The third kappa shape index (κ3) is 3.43. The van der Waals surface area contributed by atoms with E-state index in [4.69, 9.17) is 4.42 Å². The Labute approximate surface area is 135 Å². The predicted octanol–water partition coefficient (Wildman–Crippen LogP) is 4.57. The third-order valence-electron chi connectivity index (χ3n) is 3.16. The molecular formula is C16H14BrNO2S. The minimum atomic E-state index is 0.00400. The molecule has 2 heterocycles. The highest BCUT2D eigenvalue weighted by molar-refractivity contribution is 9.10. The Morgan fingerprint density at radius 2 is 2.14 bits per heavy atom. The molecule has 5 heteroatoms. The Morgan fingerprint density at radius 1 is 1.33 bits per heavy atom. The van der Waals surface area contributed by atoms with Crippen LogP contribution in [0.1, 0.15) is 15.4 Å². The second-order valence-corrected chi connectivity index (χ2v) is 6.89. The highest BCUT2D eigenvalue weighted by Crippen LogP contribution is 2.22. The summed E-state index contributed by atoms with van der Waals surface area (Å²) in [6.07, 6.45) is 0. The van der Waals surface area contributed by atoms with Gasteiger partial charge < -0.3 is 4.42 Å². The standard InChI is InChI=1S/C16H14BrNO2S/c1-18(8-13-7-12(17)10-21-13)9-14(19)16-6-11-4-2-3-5-15(11)20-16/h2-7,10H,8-9H2,1H3. The number of hydrogen-bond acceptors (Lipinski definition) is 4. The van der Waals surface area contributed by atoms with E-state index < -0.39 is 0 Å². The van der Waals surface area contributed by atoms with Gasteiger partial charge in [0.25, 0.3) is 0 Å². The van der Waals surface area contributed by atoms with Crippen LogP contribution in [-0.4, -0.2) is 24.3 Å². The number of thiophene rings is 1. The topological polar surface area (TPSA) is 33.5 Å². The second-order valence-electron chi connectivity index (χ2n) is 4.98. The number of hydrogen-bond donors (Lipinski definition) is 0. The molecule has 0 saturated heterocycles. The maximum atomic E-state index is 12.3. The largest absolute Gasteiger partial charge is 0.453 e. The van der Waals surface area contributed by atoms with Gasteiger partial charge in [-0.05, 0) is 41.2 Å². The van der Waals surface area contributed by atoms with Crippen LogP contribution in [0.2, 0.25) is 0 Å². The van der Waals surface area contributed by atoms with Crippen molar-refractivity contribution in [3.63, 3.8) is 0 Å². The number of benzene rings is 1. The Kier molecular flexibility index (Phi) is 4.24. The van der Waals surface area contributed by atoms with Crippen molar-refractivity contribution in [2.45, 2.75) is 6.54 Å². The van der Waals surface area contributed by atoms with Crippen molar-refractivity contribution in [1.82, 2.24) is 4.90 Å². The number of likely N-dealkylation sites (N-methyl/N-ethyl adjacent to an activating group) is 1. The maximum absolute atomic E-state index is 12.3. The SMILES string of the molecule is CN(CC(=O)c1cc2ccccc2o1)Cc1cc(Br)cs1. The zero-order valence-electron chi connectivity index (χ0n) is 11.5. The highest BCUT2D eigenvalue weighted by Gasteiger charge is 2.15. The lowest BCUT2D eigenvalue weighted by Gasteiger charge is -2.13. The van der Waals surface area contributed by atoms with E-state index in [1.165, 1.54) is 4.88 Å². The van der Waals surface area contributed by atoms with Crippen molar-refractivity contribution < 1.29 is 9.21 Å². The van der Waals surface area contributed by atoms with E-state index in [1.54, 1.807) is 11.3 Å². The fourth-order valence-electron chi connectivity index (χ4n) is 2.20. The number of ketones is 1. The number of fused-ring (bicyclic) bond motifs is 1. The number of nitrogens with zero attached hydrogens (tertiary/aromatic N) is 1. The lowest BCUT2D eigenvalue weighted by molar-refractivity contribution is 0.0918. The molecule has 0 atom stereocenters. The van der Waals surface area contributed by atoms with Crippen molar-refractivity contribution in [3.05, 3.63) is 56.9 Å². The molecule has 1 aromatic carbocycles. The van der Waals surface area contributed by atoms with Gasteiger partial charge in [-0.2, -0.15) is 0 Å². The molecule has 0 bridgehead atoms. The maximum Gasteiger partial charge on any atom is 0.211 e. The van der Waals surface area contributed by atoms with Crippen LogP contribution in [-0.2, 0) is 6.54 Å². The van der Waals surface area contributed by atoms with Crippen molar-refractivity contribution in [1.29, 1.82) is 0 Å². The molecule has 0 unspecified atom stereocenters. The molecule has 0 radical (unpaired) electrons. The van der Waals surface area contributed by atoms with Gasteiger partial charge in [0.15, 0.2) is 5.76 Å². The molecule has 0 N–H and O–H groups in total. The molecule has 3 rings (SSSR count). The molecule has 108 valence electrons. The average molecular weight is 364 g/mol. The van der Waals surface area contributed by atoms with Crippen molar-refractivity contribution in [2.24, 2.45) is 0 Å². The fraction of sp³-hybridized carbons (Fsp3) is 0.188. The first-order valence-electron chi connectivity index (χ1n) is 6.55. The van der Waals surface area contributed by atoms with E-state index in [0.717, 1.165) is 22.0 Å². The second kappa shape index (κ2) is 6.13. The third-order valence-corrected chi connectivity index (χ3v) is 4.84.